The smallest absolute Gasteiger partial charge is 0.362 e. The highest BCUT2D eigenvalue weighted by Crippen LogP contribution is 2.17. The predicted molar refractivity (Wildman–Crippen MR) is 275 cm³/mol. The lowest BCUT2D eigenvalue weighted by Gasteiger charge is -2.31. The number of likely N-dealkylation sites (N-methyl/N-ethyl adjacent to an activating group) is 1. The maximum absolute atomic E-state index is 12.8. The van der Waals surface area contributed by atoms with Crippen LogP contribution >= 0.6 is 0 Å². The molecular formula is C57H106NO7+. The molecule has 2 unspecified atom stereocenters. The zero-order valence-electron chi connectivity index (χ0n) is 43.5. The molecule has 2 atom stereocenters. The lowest BCUT2D eigenvalue weighted by atomic mass is 10.0. The van der Waals surface area contributed by atoms with Crippen molar-refractivity contribution < 1.29 is 38.2 Å². The van der Waals surface area contributed by atoms with Crippen LogP contribution in [0.15, 0.2) is 36.5 Å². The quantitative estimate of drug-likeness (QED) is 0.0281. The molecule has 0 fully saturated rings. The van der Waals surface area contributed by atoms with Crippen molar-refractivity contribution in [3.8, 4) is 0 Å². The molecule has 0 saturated carbocycles. The summed E-state index contributed by atoms with van der Waals surface area (Å²) in [6.45, 7) is 4.74. The number of hydrogen-bond donors (Lipinski definition) is 1. The van der Waals surface area contributed by atoms with Crippen molar-refractivity contribution in [1.82, 2.24) is 0 Å². The van der Waals surface area contributed by atoms with Crippen molar-refractivity contribution in [2.24, 2.45) is 0 Å². The highest BCUT2D eigenvalue weighted by atomic mass is 16.6. The Morgan fingerprint density at radius 2 is 0.815 bits per heavy atom. The van der Waals surface area contributed by atoms with E-state index in [4.69, 9.17) is 14.2 Å². The van der Waals surface area contributed by atoms with E-state index in [9.17, 15) is 19.5 Å². The van der Waals surface area contributed by atoms with E-state index in [1.54, 1.807) is 0 Å². The van der Waals surface area contributed by atoms with Crippen LogP contribution < -0.4 is 0 Å². The average molecular weight is 917 g/mol. The van der Waals surface area contributed by atoms with Crippen molar-refractivity contribution in [3.63, 3.8) is 0 Å². The highest BCUT2D eigenvalue weighted by Gasteiger charge is 2.31. The minimum atomic E-state index is -0.875. The number of carbonyl (C=O) groups excluding carboxylic acids is 2. The summed E-state index contributed by atoms with van der Waals surface area (Å²) in [5.74, 6) is -1.48. The van der Waals surface area contributed by atoms with Gasteiger partial charge in [0.2, 0.25) is 0 Å². The van der Waals surface area contributed by atoms with Gasteiger partial charge < -0.3 is 23.8 Å². The van der Waals surface area contributed by atoms with E-state index in [0.717, 1.165) is 64.2 Å². The van der Waals surface area contributed by atoms with Gasteiger partial charge in [-0.3, -0.25) is 9.59 Å². The van der Waals surface area contributed by atoms with E-state index in [-0.39, 0.29) is 36.2 Å². The zero-order valence-corrected chi connectivity index (χ0v) is 43.5. The monoisotopic (exact) mass is 917 g/mol. The third-order valence-corrected chi connectivity index (χ3v) is 12.6. The Balaban J connectivity index is 4.20. The molecule has 8 nitrogen and oxygen atoms in total. The number of carbonyl (C=O) groups is 3. The summed E-state index contributed by atoms with van der Waals surface area (Å²) < 4.78 is 17.4. The number of carboxylic acid groups (broad SMARTS) is 1. The summed E-state index contributed by atoms with van der Waals surface area (Å²) in [7, 11) is 5.54. The van der Waals surface area contributed by atoms with E-state index in [1.807, 2.05) is 21.1 Å². The van der Waals surface area contributed by atoms with Crippen LogP contribution in [0.2, 0.25) is 0 Å². The summed E-state index contributed by atoms with van der Waals surface area (Å²) in [5.41, 5.74) is 0. The summed E-state index contributed by atoms with van der Waals surface area (Å²) in [4.78, 5) is 37.2. The van der Waals surface area contributed by atoms with Gasteiger partial charge in [-0.25, -0.2) is 4.79 Å². The number of nitrogens with zero attached hydrogens (tertiary/aromatic N) is 1. The number of rotatable bonds is 50. The molecule has 0 aromatic carbocycles. The van der Waals surface area contributed by atoms with Crippen molar-refractivity contribution in [1.29, 1.82) is 0 Å². The normalized spacial score (nSPS) is 13.1. The minimum absolute atomic E-state index is 0.0576. The molecule has 0 saturated heterocycles. The Labute approximate surface area is 402 Å². The number of unbranched alkanes of at least 4 members (excludes halogenated alkanes) is 32. The number of ether oxygens (including phenoxy) is 3. The van der Waals surface area contributed by atoms with Crippen LogP contribution in [0.1, 0.15) is 258 Å². The van der Waals surface area contributed by atoms with Gasteiger partial charge in [0.1, 0.15) is 6.61 Å². The van der Waals surface area contributed by atoms with Crippen LogP contribution in [0.25, 0.3) is 0 Å². The van der Waals surface area contributed by atoms with Gasteiger partial charge in [-0.2, -0.15) is 0 Å². The number of esters is 2. The van der Waals surface area contributed by atoms with Crippen LogP contribution in [0.3, 0.4) is 0 Å². The summed E-state index contributed by atoms with van der Waals surface area (Å²) in [6, 6.07) is -0.617. The molecule has 65 heavy (non-hydrogen) atoms. The molecule has 8 heteroatoms. The molecule has 0 aliphatic rings. The van der Waals surface area contributed by atoms with Gasteiger partial charge in [-0.15, -0.1) is 0 Å². The fraction of sp³-hybridized carbons (Fsp3) is 0.842. The molecule has 0 amide bonds. The number of carboxylic acids is 1. The van der Waals surface area contributed by atoms with Crippen molar-refractivity contribution in [2.45, 2.75) is 270 Å². The number of hydrogen-bond acceptors (Lipinski definition) is 6. The molecule has 0 aliphatic carbocycles. The lowest BCUT2D eigenvalue weighted by molar-refractivity contribution is -0.887. The van der Waals surface area contributed by atoms with Crippen LogP contribution in [0.4, 0.5) is 0 Å². The van der Waals surface area contributed by atoms with Gasteiger partial charge in [-0.1, -0.05) is 237 Å². The molecule has 380 valence electrons. The SMILES string of the molecule is CCCCCCC/C=C/C=C/C=C/CCCCCCCC(=O)OCC(COCCC(C(=O)O)[N+](C)(C)C)OC(=O)CCCCCCCCCCCCCCCCCCCCCCCCC. The summed E-state index contributed by atoms with van der Waals surface area (Å²) in [5, 5.41) is 9.66. The largest absolute Gasteiger partial charge is 0.477 e. The second-order valence-corrected chi connectivity index (χ2v) is 19.9. The van der Waals surface area contributed by atoms with E-state index in [1.165, 1.54) is 161 Å². The molecule has 0 spiro atoms. The van der Waals surface area contributed by atoms with E-state index in [2.05, 4.69) is 50.3 Å². The Morgan fingerprint density at radius 3 is 1.18 bits per heavy atom. The van der Waals surface area contributed by atoms with Crippen molar-refractivity contribution >= 4 is 17.9 Å². The second-order valence-electron chi connectivity index (χ2n) is 19.9. The zero-order chi connectivity index (χ0) is 47.7. The second kappa shape index (κ2) is 48.0. The maximum Gasteiger partial charge on any atom is 0.362 e. The van der Waals surface area contributed by atoms with Crippen LogP contribution in [-0.2, 0) is 28.6 Å². The minimum Gasteiger partial charge on any atom is -0.477 e. The Morgan fingerprint density at radius 1 is 0.462 bits per heavy atom. The first kappa shape index (κ1) is 62.5. The highest BCUT2D eigenvalue weighted by molar-refractivity contribution is 5.72. The summed E-state index contributed by atoms with van der Waals surface area (Å²) >= 11 is 0. The fourth-order valence-electron chi connectivity index (χ4n) is 8.33. The topological polar surface area (TPSA) is 99.1 Å². The Kier molecular flexibility index (Phi) is 46.2. The molecule has 0 aromatic rings. The fourth-order valence-corrected chi connectivity index (χ4v) is 8.33. The molecule has 0 aliphatic heterocycles. The third-order valence-electron chi connectivity index (χ3n) is 12.6. The van der Waals surface area contributed by atoms with Crippen molar-refractivity contribution in [3.05, 3.63) is 36.5 Å². The first-order chi connectivity index (χ1) is 31.6. The first-order valence-electron chi connectivity index (χ1n) is 27.6. The Hall–Kier alpha value is -2.45. The molecule has 1 N–H and O–H groups in total. The molecule has 0 heterocycles. The lowest BCUT2D eigenvalue weighted by Crippen LogP contribution is -2.50. The van der Waals surface area contributed by atoms with Gasteiger partial charge >= 0.3 is 17.9 Å². The molecule has 0 radical (unpaired) electrons. The van der Waals surface area contributed by atoms with Gasteiger partial charge in [0, 0.05) is 19.3 Å². The molecule has 0 aromatic heterocycles. The van der Waals surface area contributed by atoms with Crippen LogP contribution in [-0.4, -0.2) is 80.6 Å². The third kappa shape index (κ3) is 46.4. The number of aliphatic carboxylic acids is 1. The van der Waals surface area contributed by atoms with Crippen molar-refractivity contribution in [2.75, 3.05) is 41.0 Å². The maximum atomic E-state index is 12.8. The van der Waals surface area contributed by atoms with E-state index >= 15 is 0 Å². The van der Waals surface area contributed by atoms with E-state index in [0.29, 0.717) is 19.3 Å². The van der Waals surface area contributed by atoms with Gasteiger partial charge in [-0.05, 0) is 38.5 Å². The molecular weight excluding hydrogens is 811 g/mol. The van der Waals surface area contributed by atoms with E-state index < -0.39 is 18.1 Å². The number of allylic oxidation sites excluding steroid dienone is 6. The average Bonchev–Trinajstić information content (AvgIpc) is 3.27. The first-order valence-corrected chi connectivity index (χ1v) is 27.6. The molecule has 0 rings (SSSR count). The summed E-state index contributed by atoms with van der Waals surface area (Å²) in [6.07, 6.45) is 57.7. The predicted octanol–water partition coefficient (Wildman–Crippen LogP) is 16.1. The van der Waals surface area contributed by atoms with Crippen LogP contribution in [0.5, 0.6) is 0 Å². The van der Waals surface area contributed by atoms with Gasteiger partial charge in [0.25, 0.3) is 0 Å². The number of quaternary nitrogens is 1. The standard InChI is InChI=1S/C57H105NO7/c1-6-8-10-12-14-16-18-20-22-24-26-27-28-29-30-32-34-36-38-40-42-44-46-48-56(60)65-53(51-63-50-49-54(57(61)62)58(3,4)5)52-64-55(59)47-45-43-41-39-37-35-33-31-25-23-21-19-17-15-13-11-9-7-2/h19,21,23,25,31,33,53-54H,6-18,20,22,24,26-30,32,34-52H2,1-5H3/p+1/b21-19+,25-23+,33-31+. The molecule has 0 bridgehead atoms. The Bertz CT molecular complexity index is 1160. The van der Waals surface area contributed by atoms with Crippen LogP contribution in [0, 0.1) is 0 Å². The van der Waals surface area contributed by atoms with Gasteiger partial charge in [0.05, 0.1) is 34.4 Å². The van der Waals surface area contributed by atoms with Gasteiger partial charge in [0.15, 0.2) is 12.1 Å².